The van der Waals surface area contributed by atoms with Crippen LogP contribution >= 0.6 is 0 Å². The molecule has 0 bridgehead atoms. The molecule has 116 valence electrons. The molecule has 1 aromatic rings. The third-order valence-corrected chi connectivity index (χ3v) is 4.86. The quantitative estimate of drug-likeness (QED) is 0.892. The Hall–Kier alpha value is -1.42. The maximum absolute atomic E-state index is 13.4. The lowest BCUT2D eigenvalue weighted by Crippen LogP contribution is -2.24. The number of halogens is 1. The lowest BCUT2D eigenvalue weighted by molar-refractivity contribution is -0.144. The number of carboxylic acids is 1. The molecule has 4 unspecified atom stereocenters. The normalized spacial score (nSPS) is 26.8. The van der Waals surface area contributed by atoms with Crippen LogP contribution < -0.4 is 0 Å². The smallest absolute Gasteiger partial charge is 0.306 e. The molecule has 21 heavy (non-hydrogen) atoms. The van der Waals surface area contributed by atoms with E-state index in [-0.39, 0.29) is 11.7 Å². The molecule has 1 aliphatic rings. The van der Waals surface area contributed by atoms with E-state index in [1.54, 1.807) is 13.8 Å². The number of hydrogen-bond acceptors (Lipinski definition) is 2. The fourth-order valence-electron chi connectivity index (χ4n) is 3.75. The van der Waals surface area contributed by atoms with Crippen LogP contribution in [0.25, 0.3) is 0 Å². The van der Waals surface area contributed by atoms with Gasteiger partial charge in [-0.3, -0.25) is 4.79 Å². The SMILES string of the molecule is CCC1CC(C(=O)O)C(C(O)c2c(C)cc(F)cc2C)C1. The van der Waals surface area contributed by atoms with Crippen LogP contribution in [-0.2, 0) is 4.79 Å². The van der Waals surface area contributed by atoms with Crippen molar-refractivity contribution in [3.05, 3.63) is 34.6 Å². The molecular formula is C17H23FO3. The van der Waals surface area contributed by atoms with Crippen LogP contribution in [0, 0.1) is 37.4 Å². The van der Waals surface area contributed by atoms with E-state index in [4.69, 9.17) is 0 Å². The van der Waals surface area contributed by atoms with Crippen molar-refractivity contribution in [2.45, 2.75) is 46.1 Å². The molecule has 3 nitrogen and oxygen atoms in total. The standard InChI is InChI=1S/C17H23FO3/c1-4-11-7-13(14(8-11)17(20)21)16(19)15-9(2)5-12(18)6-10(15)3/h5-6,11,13-14,16,19H,4,7-8H2,1-3H3,(H,20,21). The summed E-state index contributed by atoms with van der Waals surface area (Å²) in [7, 11) is 0. The summed E-state index contributed by atoms with van der Waals surface area (Å²) in [6, 6.07) is 2.79. The number of aliphatic hydroxyl groups is 1. The molecule has 1 fully saturated rings. The Balaban J connectivity index is 2.34. The first-order valence-electron chi connectivity index (χ1n) is 7.52. The number of benzene rings is 1. The highest BCUT2D eigenvalue weighted by Gasteiger charge is 2.42. The van der Waals surface area contributed by atoms with Crippen molar-refractivity contribution in [1.29, 1.82) is 0 Å². The van der Waals surface area contributed by atoms with Crippen LogP contribution in [-0.4, -0.2) is 16.2 Å². The Morgan fingerprint density at radius 3 is 2.38 bits per heavy atom. The fraction of sp³-hybridized carbons (Fsp3) is 0.588. The molecule has 4 atom stereocenters. The van der Waals surface area contributed by atoms with Crippen molar-refractivity contribution in [3.8, 4) is 0 Å². The van der Waals surface area contributed by atoms with Gasteiger partial charge in [-0.2, -0.15) is 0 Å². The molecule has 0 heterocycles. The molecule has 0 aliphatic heterocycles. The van der Waals surface area contributed by atoms with E-state index < -0.39 is 18.0 Å². The molecule has 0 amide bonds. The van der Waals surface area contributed by atoms with Crippen LogP contribution in [0.3, 0.4) is 0 Å². The summed E-state index contributed by atoms with van der Waals surface area (Å²) >= 11 is 0. The second kappa shape index (κ2) is 6.14. The van der Waals surface area contributed by atoms with E-state index in [9.17, 15) is 19.4 Å². The van der Waals surface area contributed by atoms with E-state index >= 15 is 0 Å². The van der Waals surface area contributed by atoms with Gasteiger partial charge in [0.2, 0.25) is 0 Å². The van der Waals surface area contributed by atoms with Crippen molar-refractivity contribution in [2.75, 3.05) is 0 Å². The Morgan fingerprint density at radius 2 is 1.90 bits per heavy atom. The van der Waals surface area contributed by atoms with Gasteiger partial charge < -0.3 is 10.2 Å². The van der Waals surface area contributed by atoms with Crippen LogP contribution in [0.4, 0.5) is 4.39 Å². The predicted molar refractivity (Wildman–Crippen MR) is 78.5 cm³/mol. The maximum Gasteiger partial charge on any atom is 0.306 e. The summed E-state index contributed by atoms with van der Waals surface area (Å²) in [6.07, 6.45) is 1.41. The van der Waals surface area contributed by atoms with Gasteiger partial charge in [0.05, 0.1) is 12.0 Å². The zero-order valence-electron chi connectivity index (χ0n) is 12.8. The van der Waals surface area contributed by atoms with Gasteiger partial charge in [-0.25, -0.2) is 4.39 Å². The van der Waals surface area contributed by atoms with E-state index in [2.05, 4.69) is 0 Å². The van der Waals surface area contributed by atoms with E-state index in [1.165, 1.54) is 12.1 Å². The fourth-order valence-corrected chi connectivity index (χ4v) is 3.75. The molecule has 0 radical (unpaired) electrons. The molecular weight excluding hydrogens is 271 g/mol. The number of aliphatic hydroxyl groups excluding tert-OH is 1. The van der Waals surface area contributed by atoms with E-state index in [0.29, 0.717) is 35.4 Å². The third-order valence-electron chi connectivity index (χ3n) is 4.86. The number of rotatable bonds is 4. The van der Waals surface area contributed by atoms with Crippen LogP contribution in [0.2, 0.25) is 0 Å². The first-order chi connectivity index (χ1) is 9.85. The van der Waals surface area contributed by atoms with Crippen LogP contribution in [0.1, 0.15) is 49.0 Å². The average molecular weight is 294 g/mol. The summed E-state index contributed by atoms with van der Waals surface area (Å²) < 4.78 is 13.4. The van der Waals surface area contributed by atoms with Gasteiger partial charge in [-0.05, 0) is 61.4 Å². The molecule has 2 N–H and O–H groups in total. The first-order valence-corrected chi connectivity index (χ1v) is 7.52. The topological polar surface area (TPSA) is 57.5 Å². The van der Waals surface area contributed by atoms with Gasteiger partial charge in [-0.1, -0.05) is 13.3 Å². The van der Waals surface area contributed by atoms with E-state index in [0.717, 1.165) is 6.42 Å². The summed E-state index contributed by atoms with van der Waals surface area (Å²) in [5.74, 6) is -1.64. The summed E-state index contributed by atoms with van der Waals surface area (Å²) in [5, 5.41) is 20.1. The molecule has 2 rings (SSSR count). The van der Waals surface area contributed by atoms with Gasteiger partial charge in [0.1, 0.15) is 5.82 Å². The molecule has 0 saturated heterocycles. The third kappa shape index (κ3) is 3.10. The monoisotopic (exact) mass is 294 g/mol. The number of aliphatic carboxylic acids is 1. The average Bonchev–Trinajstić information content (AvgIpc) is 2.81. The second-order valence-corrected chi connectivity index (χ2v) is 6.25. The van der Waals surface area contributed by atoms with Gasteiger partial charge in [0, 0.05) is 5.92 Å². The molecule has 1 aromatic carbocycles. The first kappa shape index (κ1) is 16.0. The lowest BCUT2D eigenvalue weighted by Gasteiger charge is -2.25. The van der Waals surface area contributed by atoms with Gasteiger partial charge >= 0.3 is 5.97 Å². The van der Waals surface area contributed by atoms with Crippen molar-refractivity contribution in [1.82, 2.24) is 0 Å². The highest BCUT2D eigenvalue weighted by Crippen LogP contribution is 2.45. The highest BCUT2D eigenvalue weighted by atomic mass is 19.1. The Bertz CT molecular complexity index is 518. The van der Waals surface area contributed by atoms with Gasteiger partial charge in [0.15, 0.2) is 0 Å². The van der Waals surface area contributed by atoms with Crippen molar-refractivity contribution in [2.24, 2.45) is 17.8 Å². The molecule has 0 aromatic heterocycles. The zero-order chi connectivity index (χ0) is 15.7. The number of carbonyl (C=O) groups is 1. The predicted octanol–water partition coefficient (Wildman–Crippen LogP) is 3.61. The minimum atomic E-state index is -0.844. The van der Waals surface area contributed by atoms with Crippen molar-refractivity contribution in [3.63, 3.8) is 0 Å². The Labute approximate surface area is 124 Å². The van der Waals surface area contributed by atoms with Crippen LogP contribution in [0.15, 0.2) is 12.1 Å². The summed E-state index contributed by atoms with van der Waals surface area (Å²) in [5.41, 5.74) is 2.05. The highest BCUT2D eigenvalue weighted by molar-refractivity contribution is 5.71. The van der Waals surface area contributed by atoms with Crippen LogP contribution in [0.5, 0.6) is 0 Å². The largest absolute Gasteiger partial charge is 0.481 e. The Morgan fingerprint density at radius 1 is 1.33 bits per heavy atom. The minimum Gasteiger partial charge on any atom is -0.481 e. The number of carboxylic acid groups (broad SMARTS) is 1. The number of aryl methyl sites for hydroxylation is 2. The molecule has 1 aliphatic carbocycles. The second-order valence-electron chi connectivity index (χ2n) is 6.25. The van der Waals surface area contributed by atoms with Crippen molar-refractivity contribution >= 4 is 5.97 Å². The van der Waals surface area contributed by atoms with Gasteiger partial charge in [0.25, 0.3) is 0 Å². The molecule has 0 spiro atoms. The van der Waals surface area contributed by atoms with Gasteiger partial charge in [-0.15, -0.1) is 0 Å². The van der Waals surface area contributed by atoms with Crippen molar-refractivity contribution < 1.29 is 19.4 Å². The molecule has 1 saturated carbocycles. The van der Waals surface area contributed by atoms with E-state index in [1.807, 2.05) is 6.92 Å². The summed E-state index contributed by atoms with van der Waals surface area (Å²) in [6.45, 7) is 5.57. The summed E-state index contributed by atoms with van der Waals surface area (Å²) in [4.78, 5) is 11.5. The minimum absolute atomic E-state index is 0.296. The molecule has 4 heteroatoms. The zero-order valence-corrected chi connectivity index (χ0v) is 12.8. The lowest BCUT2D eigenvalue weighted by atomic mass is 9.83. The Kier molecular flexibility index (Phi) is 4.67. The maximum atomic E-state index is 13.4. The number of hydrogen-bond donors (Lipinski definition) is 2.